The lowest BCUT2D eigenvalue weighted by Gasteiger charge is -2.02. The number of aryl methyl sites for hydroxylation is 2. The van der Waals surface area contributed by atoms with Gasteiger partial charge in [0, 0.05) is 24.5 Å². The lowest BCUT2D eigenvalue weighted by molar-refractivity contribution is 0.103. The average Bonchev–Trinajstić information content (AvgIpc) is 2.68. The Morgan fingerprint density at radius 3 is 2.69 bits per heavy atom. The van der Waals surface area contributed by atoms with Gasteiger partial charge < -0.3 is 5.73 Å². The Hall–Kier alpha value is -2.10. The molecule has 0 saturated heterocycles. The maximum absolute atomic E-state index is 12.0. The van der Waals surface area contributed by atoms with E-state index in [1.54, 1.807) is 42.2 Å². The summed E-state index contributed by atoms with van der Waals surface area (Å²) >= 11 is 0. The zero-order valence-corrected chi connectivity index (χ0v) is 9.27. The number of carbonyl (C=O) groups excluding carboxylic acids is 1. The monoisotopic (exact) mass is 215 g/mol. The number of benzene rings is 1. The molecule has 2 rings (SSSR count). The summed E-state index contributed by atoms with van der Waals surface area (Å²) in [4.78, 5) is 12.0. The molecule has 2 N–H and O–H groups in total. The number of nitrogens with two attached hydrogens (primary N) is 1. The summed E-state index contributed by atoms with van der Waals surface area (Å²) in [6, 6.07) is 6.95. The van der Waals surface area contributed by atoms with Crippen LogP contribution in [-0.2, 0) is 7.05 Å². The van der Waals surface area contributed by atoms with Crippen molar-refractivity contribution in [3.05, 3.63) is 47.3 Å². The molecule has 82 valence electrons. The van der Waals surface area contributed by atoms with Crippen molar-refractivity contribution in [3.8, 4) is 0 Å². The Kier molecular flexibility index (Phi) is 2.48. The summed E-state index contributed by atoms with van der Waals surface area (Å²) in [5, 5.41) is 4.07. The van der Waals surface area contributed by atoms with E-state index in [0.29, 0.717) is 16.9 Å². The standard InChI is InChI=1S/C12H13N3O/c1-8-7-9(3-4-10(8)13)12(16)11-5-6-15(2)14-11/h3-7H,13H2,1-2H3. The number of ketones is 1. The summed E-state index contributed by atoms with van der Waals surface area (Å²) in [5.74, 6) is -0.0799. The summed E-state index contributed by atoms with van der Waals surface area (Å²) in [6.45, 7) is 1.88. The van der Waals surface area contributed by atoms with E-state index in [1.165, 1.54) is 0 Å². The van der Waals surface area contributed by atoms with Crippen LogP contribution in [0.5, 0.6) is 0 Å². The van der Waals surface area contributed by atoms with Gasteiger partial charge >= 0.3 is 0 Å². The molecule has 1 aromatic heterocycles. The number of hydrogen-bond donors (Lipinski definition) is 1. The van der Waals surface area contributed by atoms with Crippen LogP contribution in [0.2, 0.25) is 0 Å². The van der Waals surface area contributed by atoms with Crippen LogP contribution < -0.4 is 5.73 Å². The molecule has 0 aliphatic heterocycles. The first-order chi connectivity index (χ1) is 7.58. The van der Waals surface area contributed by atoms with Gasteiger partial charge in [-0.2, -0.15) is 5.10 Å². The Morgan fingerprint density at radius 1 is 1.38 bits per heavy atom. The second kappa shape index (κ2) is 3.81. The molecule has 0 amide bonds. The van der Waals surface area contributed by atoms with Crippen molar-refractivity contribution < 1.29 is 4.79 Å². The van der Waals surface area contributed by atoms with Crippen molar-refractivity contribution in [2.24, 2.45) is 7.05 Å². The van der Waals surface area contributed by atoms with Gasteiger partial charge in [-0.25, -0.2) is 0 Å². The molecular weight excluding hydrogens is 202 g/mol. The van der Waals surface area contributed by atoms with E-state index in [2.05, 4.69) is 5.10 Å². The number of hydrogen-bond acceptors (Lipinski definition) is 3. The van der Waals surface area contributed by atoms with E-state index in [4.69, 9.17) is 5.73 Å². The lowest BCUT2D eigenvalue weighted by Crippen LogP contribution is -2.04. The lowest BCUT2D eigenvalue weighted by atomic mass is 10.0. The van der Waals surface area contributed by atoms with Crippen LogP contribution in [0.3, 0.4) is 0 Å². The Bertz CT molecular complexity index is 543. The second-order valence-electron chi connectivity index (χ2n) is 3.78. The molecule has 0 aliphatic rings. The Labute approximate surface area is 93.7 Å². The highest BCUT2D eigenvalue weighted by atomic mass is 16.1. The largest absolute Gasteiger partial charge is 0.399 e. The number of rotatable bonds is 2. The van der Waals surface area contributed by atoms with E-state index in [0.717, 1.165) is 5.56 Å². The van der Waals surface area contributed by atoms with Crippen molar-refractivity contribution in [3.63, 3.8) is 0 Å². The predicted molar refractivity (Wildman–Crippen MR) is 62.2 cm³/mol. The maximum Gasteiger partial charge on any atom is 0.213 e. The molecule has 0 bridgehead atoms. The van der Waals surface area contributed by atoms with Gasteiger partial charge in [-0.1, -0.05) is 0 Å². The third-order valence-corrected chi connectivity index (χ3v) is 2.48. The third-order valence-electron chi connectivity index (χ3n) is 2.48. The second-order valence-corrected chi connectivity index (χ2v) is 3.78. The summed E-state index contributed by atoms with van der Waals surface area (Å²) in [7, 11) is 1.78. The van der Waals surface area contributed by atoms with E-state index < -0.39 is 0 Å². The smallest absolute Gasteiger partial charge is 0.213 e. The molecule has 1 heterocycles. The highest BCUT2D eigenvalue weighted by Crippen LogP contribution is 2.15. The van der Waals surface area contributed by atoms with E-state index in [9.17, 15) is 4.79 Å². The summed E-state index contributed by atoms with van der Waals surface area (Å²) in [5.41, 5.74) is 8.36. The van der Waals surface area contributed by atoms with E-state index in [1.807, 2.05) is 6.92 Å². The molecule has 0 saturated carbocycles. The maximum atomic E-state index is 12.0. The molecule has 16 heavy (non-hydrogen) atoms. The van der Waals surface area contributed by atoms with Crippen molar-refractivity contribution in [1.82, 2.24) is 9.78 Å². The van der Waals surface area contributed by atoms with Gasteiger partial charge in [0.1, 0.15) is 5.69 Å². The predicted octanol–water partition coefficient (Wildman–Crippen LogP) is 1.54. The van der Waals surface area contributed by atoms with Crippen LogP contribution in [0.1, 0.15) is 21.6 Å². The molecule has 0 unspecified atom stereocenters. The SMILES string of the molecule is Cc1cc(C(=O)c2ccn(C)n2)ccc1N. The number of anilines is 1. The Morgan fingerprint density at radius 2 is 2.12 bits per heavy atom. The van der Waals surface area contributed by atoms with Gasteiger partial charge in [0.05, 0.1) is 0 Å². The number of aromatic nitrogens is 2. The third kappa shape index (κ3) is 1.82. The van der Waals surface area contributed by atoms with Crippen molar-refractivity contribution >= 4 is 11.5 Å². The summed E-state index contributed by atoms with van der Waals surface area (Å²) < 4.78 is 1.61. The van der Waals surface area contributed by atoms with Crippen LogP contribution in [0.4, 0.5) is 5.69 Å². The van der Waals surface area contributed by atoms with Crippen LogP contribution >= 0.6 is 0 Å². The normalized spacial score (nSPS) is 10.4. The zero-order valence-electron chi connectivity index (χ0n) is 9.27. The first-order valence-electron chi connectivity index (χ1n) is 4.98. The number of carbonyl (C=O) groups is 1. The molecule has 2 aromatic rings. The van der Waals surface area contributed by atoms with Gasteiger partial charge in [0.25, 0.3) is 0 Å². The van der Waals surface area contributed by atoms with E-state index >= 15 is 0 Å². The zero-order chi connectivity index (χ0) is 11.7. The highest BCUT2D eigenvalue weighted by Gasteiger charge is 2.12. The quantitative estimate of drug-likeness (QED) is 0.610. The van der Waals surface area contributed by atoms with E-state index in [-0.39, 0.29) is 5.78 Å². The fourth-order valence-corrected chi connectivity index (χ4v) is 1.50. The van der Waals surface area contributed by atoms with Crippen LogP contribution in [0.25, 0.3) is 0 Å². The average molecular weight is 215 g/mol. The summed E-state index contributed by atoms with van der Waals surface area (Å²) in [6.07, 6.45) is 1.75. The topological polar surface area (TPSA) is 60.9 Å². The van der Waals surface area contributed by atoms with Crippen molar-refractivity contribution in [2.45, 2.75) is 6.92 Å². The Balaban J connectivity index is 2.38. The van der Waals surface area contributed by atoms with Gasteiger partial charge in [0.2, 0.25) is 5.78 Å². The van der Waals surface area contributed by atoms with Crippen LogP contribution in [-0.4, -0.2) is 15.6 Å². The van der Waals surface area contributed by atoms with Gasteiger partial charge in [0.15, 0.2) is 0 Å². The fraction of sp³-hybridized carbons (Fsp3) is 0.167. The first kappa shape index (κ1) is 10.4. The molecule has 1 aromatic carbocycles. The molecule has 0 radical (unpaired) electrons. The minimum absolute atomic E-state index is 0.0799. The highest BCUT2D eigenvalue weighted by molar-refractivity contribution is 6.07. The minimum atomic E-state index is -0.0799. The molecule has 0 aliphatic carbocycles. The minimum Gasteiger partial charge on any atom is -0.399 e. The van der Waals surface area contributed by atoms with Gasteiger partial charge in [-0.05, 0) is 36.8 Å². The van der Waals surface area contributed by atoms with Crippen molar-refractivity contribution in [2.75, 3.05) is 5.73 Å². The molecule has 4 heteroatoms. The molecule has 4 nitrogen and oxygen atoms in total. The first-order valence-corrected chi connectivity index (χ1v) is 4.98. The fourth-order valence-electron chi connectivity index (χ4n) is 1.50. The van der Waals surface area contributed by atoms with Gasteiger partial charge in [-0.15, -0.1) is 0 Å². The van der Waals surface area contributed by atoms with Crippen LogP contribution in [0, 0.1) is 6.92 Å². The van der Waals surface area contributed by atoms with Gasteiger partial charge in [-0.3, -0.25) is 9.48 Å². The molecule has 0 fully saturated rings. The molecule has 0 spiro atoms. The molecule has 0 atom stereocenters. The van der Waals surface area contributed by atoms with Crippen LogP contribution in [0.15, 0.2) is 30.5 Å². The number of nitrogen functional groups attached to an aromatic ring is 1. The van der Waals surface area contributed by atoms with Crippen molar-refractivity contribution in [1.29, 1.82) is 0 Å². The molecular formula is C12H13N3O. The number of nitrogens with zero attached hydrogens (tertiary/aromatic N) is 2.